The zero-order chi connectivity index (χ0) is 15.5. The van der Waals surface area contributed by atoms with Crippen molar-refractivity contribution in [2.24, 2.45) is 0 Å². The van der Waals surface area contributed by atoms with E-state index in [9.17, 15) is 9.90 Å². The van der Waals surface area contributed by atoms with E-state index in [0.29, 0.717) is 12.2 Å². The Labute approximate surface area is 128 Å². The molecule has 0 spiro atoms. The van der Waals surface area contributed by atoms with Crippen LogP contribution in [0.2, 0.25) is 0 Å². The molecule has 0 radical (unpaired) electrons. The topological polar surface area (TPSA) is 61.4 Å². The number of hydrogen-bond donors (Lipinski definition) is 3. The summed E-state index contributed by atoms with van der Waals surface area (Å²) in [7, 11) is 0. The van der Waals surface area contributed by atoms with Crippen molar-refractivity contribution in [3.8, 4) is 0 Å². The van der Waals surface area contributed by atoms with Gasteiger partial charge in [0.1, 0.15) is 0 Å². The predicted molar refractivity (Wildman–Crippen MR) is 87.5 cm³/mol. The first kappa shape index (κ1) is 17.5. The standard InChI is InChI=1S/C17H28N2O2/c1-3-4-5-6-7-8-12-18-17(21)19-16-11-9-10-15(13-16)14(2)20/h9-11,13-14,20H,3-8,12H2,1-2H3,(H2,18,19,21). The Balaban J connectivity index is 2.20. The second kappa shape index (κ2) is 10.2. The molecule has 1 unspecified atom stereocenters. The summed E-state index contributed by atoms with van der Waals surface area (Å²) in [6.45, 7) is 4.62. The molecule has 0 aliphatic heterocycles. The van der Waals surface area contributed by atoms with E-state index in [1.54, 1.807) is 13.0 Å². The molecule has 0 aromatic heterocycles. The summed E-state index contributed by atoms with van der Waals surface area (Å²) in [5.41, 5.74) is 1.50. The lowest BCUT2D eigenvalue weighted by Gasteiger charge is -2.10. The molecule has 1 aromatic rings. The highest BCUT2D eigenvalue weighted by Crippen LogP contribution is 2.16. The number of unbranched alkanes of at least 4 members (excludes halogenated alkanes) is 5. The smallest absolute Gasteiger partial charge is 0.319 e. The fourth-order valence-electron chi connectivity index (χ4n) is 2.16. The van der Waals surface area contributed by atoms with E-state index in [-0.39, 0.29) is 6.03 Å². The van der Waals surface area contributed by atoms with Gasteiger partial charge in [-0.25, -0.2) is 4.79 Å². The number of anilines is 1. The summed E-state index contributed by atoms with van der Waals surface area (Å²) < 4.78 is 0. The molecule has 0 aliphatic rings. The zero-order valence-electron chi connectivity index (χ0n) is 13.2. The van der Waals surface area contributed by atoms with E-state index in [0.717, 1.165) is 18.4 Å². The monoisotopic (exact) mass is 292 g/mol. The van der Waals surface area contributed by atoms with Gasteiger partial charge in [0.2, 0.25) is 0 Å². The average Bonchev–Trinajstić information content (AvgIpc) is 2.46. The minimum absolute atomic E-state index is 0.189. The molecule has 3 N–H and O–H groups in total. The Bertz CT molecular complexity index is 419. The Hall–Kier alpha value is -1.55. The van der Waals surface area contributed by atoms with Gasteiger partial charge in [-0.3, -0.25) is 0 Å². The highest BCUT2D eigenvalue weighted by molar-refractivity contribution is 5.89. The Morgan fingerprint density at radius 2 is 1.90 bits per heavy atom. The number of hydrogen-bond acceptors (Lipinski definition) is 2. The first-order valence-electron chi connectivity index (χ1n) is 7.96. The van der Waals surface area contributed by atoms with Gasteiger partial charge in [0.15, 0.2) is 0 Å². The maximum absolute atomic E-state index is 11.7. The molecule has 1 atom stereocenters. The first-order chi connectivity index (χ1) is 10.1. The number of aliphatic hydroxyl groups excluding tert-OH is 1. The van der Waals surface area contributed by atoms with Crippen molar-refractivity contribution in [1.29, 1.82) is 0 Å². The summed E-state index contributed by atoms with van der Waals surface area (Å²) in [5, 5.41) is 15.2. The SMILES string of the molecule is CCCCCCCCNC(=O)Nc1cccc(C(C)O)c1. The van der Waals surface area contributed by atoms with Gasteiger partial charge in [-0.05, 0) is 31.0 Å². The van der Waals surface area contributed by atoms with Crippen molar-refractivity contribution in [1.82, 2.24) is 5.32 Å². The van der Waals surface area contributed by atoms with Gasteiger partial charge in [-0.1, -0.05) is 51.2 Å². The average molecular weight is 292 g/mol. The van der Waals surface area contributed by atoms with E-state index < -0.39 is 6.10 Å². The van der Waals surface area contributed by atoms with Crippen LogP contribution in [0.1, 0.15) is 64.0 Å². The Morgan fingerprint density at radius 1 is 1.19 bits per heavy atom. The maximum atomic E-state index is 11.7. The van der Waals surface area contributed by atoms with Crippen molar-refractivity contribution in [3.63, 3.8) is 0 Å². The molecule has 0 fully saturated rings. The van der Waals surface area contributed by atoms with Crippen molar-refractivity contribution < 1.29 is 9.90 Å². The van der Waals surface area contributed by atoms with Crippen LogP contribution in [-0.2, 0) is 0 Å². The third-order valence-corrected chi connectivity index (χ3v) is 3.44. The number of aliphatic hydroxyl groups is 1. The summed E-state index contributed by atoms with van der Waals surface area (Å²) in [6.07, 6.45) is 6.74. The van der Waals surface area contributed by atoms with E-state index in [1.165, 1.54) is 25.7 Å². The van der Waals surface area contributed by atoms with Crippen LogP contribution in [0, 0.1) is 0 Å². The van der Waals surface area contributed by atoms with Crippen molar-refractivity contribution in [2.75, 3.05) is 11.9 Å². The fraction of sp³-hybridized carbons (Fsp3) is 0.588. The third-order valence-electron chi connectivity index (χ3n) is 3.44. The minimum atomic E-state index is -0.530. The lowest BCUT2D eigenvalue weighted by molar-refractivity contribution is 0.199. The lowest BCUT2D eigenvalue weighted by Crippen LogP contribution is -2.29. The maximum Gasteiger partial charge on any atom is 0.319 e. The van der Waals surface area contributed by atoms with Crippen LogP contribution in [0.5, 0.6) is 0 Å². The van der Waals surface area contributed by atoms with Crippen molar-refractivity contribution in [2.45, 2.75) is 58.5 Å². The highest BCUT2D eigenvalue weighted by Gasteiger charge is 2.04. The van der Waals surface area contributed by atoms with Crippen LogP contribution in [0.15, 0.2) is 24.3 Å². The molecule has 4 heteroatoms. The van der Waals surface area contributed by atoms with Crippen LogP contribution in [0.4, 0.5) is 10.5 Å². The Morgan fingerprint density at radius 3 is 2.62 bits per heavy atom. The molecule has 0 heterocycles. The van der Waals surface area contributed by atoms with E-state index >= 15 is 0 Å². The van der Waals surface area contributed by atoms with E-state index in [4.69, 9.17) is 0 Å². The molecule has 118 valence electrons. The second-order valence-corrected chi connectivity index (χ2v) is 5.45. The number of carbonyl (C=O) groups excluding carboxylic acids is 1. The molecule has 4 nitrogen and oxygen atoms in total. The molecular weight excluding hydrogens is 264 g/mol. The van der Waals surface area contributed by atoms with Crippen LogP contribution in [0.25, 0.3) is 0 Å². The largest absolute Gasteiger partial charge is 0.389 e. The first-order valence-corrected chi connectivity index (χ1v) is 7.96. The molecule has 0 aliphatic carbocycles. The van der Waals surface area contributed by atoms with Crippen LogP contribution in [-0.4, -0.2) is 17.7 Å². The minimum Gasteiger partial charge on any atom is -0.389 e. The highest BCUT2D eigenvalue weighted by atomic mass is 16.3. The summed E-state index contributed by atoms with van der Waals surface area (Å²) in [4.78, 5) is 11.7. The molecule has 0 saturated heterocycles. The van der Waals surface area contributed by atoms with Gasteiger partial charge in [-0.2, -0.15) is 0 Å². The summed E-state index contributed by atoms with van der Waals surface area (Å²) >= 11 is 0. The van der Waals surface area contributed by atoms with Crippen LogP contribution < -0.4 is 10.6 Å². The summed E-state index contributed by atoms with van der Waals surface area (Å²) in [5.74, 6) is 0. The molecule has 0 bridgehead atoms. The van der Waals surface area contributed by atoms with Crippen molar-refractivity contribution in [3.05, 3.63) is 29.8 Å². The molecule has 2 amide bonds. The van der Waals surface area contributed by atoms with Gasteiger partial charge >= 0.3 is 6.03 Å². The fourth-order valence-corrected chi connectivity index (χ4v) is 2.16. The van der Waals surface area contributed by atoms with Crippen LogP contribution >= 0.6 is 0 Å². The van der Waals surface area contributed by atoms with Crippen molar-refractivity contribution >= 4 is 11.7 Å². The van der Waals surface area contributed by atoms with Crippen LogP contribution in [0.3, 0.4) is 0 Å². The predicted octanol–water partition coefficient (Wildman–Crippen LogP) is 4.22. The summed E-state index contributed by atoms with van der Waals surface area (Å²) in [6, 6.07) is 7.08. The molecular formula is C17H28N2O2. The molecule has 1 rings (SSSR count). The molecule has 0 saturated carbocycles. The number of carbonyl (C=O) groups is 1. The quantitative estimate of drug-likeness (QED) is 0.597. The van der Waals surface area contributed by atoms with Gasteiger partial charge in [0.25, 0.3) is 0 Å². The number of urea groups is 1. The lowest BCUT2D eigenvalue weighted by atomic mass is 10.1. The molecule has 1 aromatic carbocycles. The third kappa shape index (κ3) is 7.71. The number of nitrogens with one attached hydrogen (secondary N) is 2. The zero-order valence-corrected chi connectivity index (χ0v) is 13.2. The number of benzene rings is 1. The van der Waals surface area contributed by atoms with Gasteiger partial charge in [-0.15, -0.1) is 0 Å². The second-order valence-electron chi connectivity index (χ2n) is 5.45. The van der Waals surface area contributed by atoms with E-state index in [2.05, 4.69) is 17.6 Å². The normalized spacial score (nSPS) is 12.0. The number of rotatable bonds is 9. The van der Waals surface area contributed by atoms with Gasteiger partial charge in [0.05, 0.1) is 6.10 Å². The van der Waals surface area contributed by atoms with Gasteiger partial charge < -0.3 is 15.7 Å². The number of amides is 2. The Kier molecular flexibility index (Phi) is 8.51. The molecule has 21 heavy (non-hydrogen) atoms. The van der Waals surface area contributed by atoms with Gasteiger partial charge in [0, 0.05) is 12.2 Å². The van der Waals surface area contributed by atoms with E-state index in [1.807, 2.05) is 18.2 Å².